The van der Waals surface area contributed by atoms with Crippen LogP contribution in [-0.4, -0.2) is 17.3 Å². The molecule has 1 rings (SSSR count). The summed E-state index contributed by atoms with van der Waals surface area (Å²) in [5, 5.41) is 13.7. The summed E-state index contributed by atoms with van der Waals surface area (Å²) in [6.07, 6.45) is 3.30. The molecule has 0 radical (unpaired) electrons. The number of nitro groups is 1. The van der Waals surface area contributed by atoms with Crippen LogP contribution in [0.15, 0.2) is 24.3 Å². The summed E-state index contributed by atoms with van der Waals surface area (Å²) in [6.45, 7) is 1.70. The molecule has 0 saturated heterocycles. The van der Waals surface area contributed by atoms with Crippen LogP contribution in [0.4, 0.5) is 5.69 Å². The molecular weight excluding hydrogens is 240 g/mol. The third-order valence-corrected chi connectivity index (χ3v) is 2.73. The van der Waals surface area contributed by atoms with Gasteiger partial charge in [-0.2, -0.15) is 0 Å². The number of hydrogen-bond acceptors (Lipinski definition) is 3. The van der Waals surface area contributed by atoms with E-state index in [1.807, 2.05) is 0 Å². The molecule has 0 aliphatic rings. The van der Waals surface area contributed by atoms with E-state index in [9.17, 15) is 10.1 Å². The van der Waals surface area contributed by atoms with E-state index >= 15 is 0 Å². The highest BCUT2D eigenvalue weighted by Gasteiger charge is 2.03. The first kappa shape index (κ1) is 13.9. The number of nitro benzene ring substituents is 1. The van der Waals surface area contributed by atoms with Crippen molar-refractivity contribution in [3.63, 3.8) is 0 Å². The predicted octanol–water partition coefficient (Wildman–Crippen LogP) is 3.09. The van der Waals surface area contributed by atoms with Gasteiger partial charge in [-0.1, -0.05) is 18.6 Å². The van der Waals surface area contributed by atoms with Crippen molar-refractivity contribution in [1.82, 2.24) is 5.32 Å². The SMILES string of the molecule is O=[N+]([O-])c1ccc(CNCCCCCCl)cc1. The standard InChI is InChI=1S/C12H17ClN2O2/c13-8-2-1-3-9-14-10-11-4-6-12(7-5-11)15(16)17/h4-7,14H,1-3,8-10H2. The van der Waals surface area contributed by atoms with E-state index in [1.54, 1.807) is 12.1 Å². The predicted molar refractivity (Wildman–Crippen MR) is 69.4 cm³/mol. The van der Waals surface area contributed by atoms with Crippen LogP contribution < -0.4 is 5.32 Å². The van der Waals surface area contributed by atoms with Crippen molar-refractivity contribution in [3.05, 3.63) is 39.9 Å². The summed E-state index contributed by atoms with van der Waals surface area (Å²) in [4.78, 5) is 10.1. The number of non-ortho nitro benzene ring substituents is 1. The normalized spacial score (nSPS) is 10.4. The molecular formula is C12H17ClN2O2. The molecule has 94 valence electrons. The van der Waals surface area contributed by atoms with E-state index in [0.717, 1.165) is 43.8 Å². The molecule has 0 aromatic heterocycles. The Morgan fingerprint density at radius 2 is 1.88 bits per heavy atom. The van der Waals surface area contributed by atoms with E-state index in [1.165, 1.54) is 12.1 Å². The van der Waals surface area contributed by atoms with Crippen LogP contribution >= 0.6 is 11.6 Å². The molecule has 1 N–H and O–H groups in total. The second kappa shape index (κ2) is 8.03. The number of unbranched alkanes of at least 4 members (excludes halogenated alkanes) is 2. The molecule has 5 heteroatoms. The summed E-state index contributed by atoms with van der Waals surface area (Å²) >= 11 is 5.58. The smallest absolute Gasteiger partial charge is 0.269 e. The summed E-state index contributed by atoms with van der Waals surface area (Å²) in [7, 11) is 0. The molecule has 4 nitrogen and oxygen atoms in total. The molecule has 0 spiro atoms. The summed E-state index contributed by atoms with van der Waals surface area (Å²) < 4.78 is 0. The average Bonchev–Trinajstić information content (AvgIpc) is 2.34. The number of halogens is 1. The Bertz CT molecular complexity index is 341. The fourth-order valence-electron chi connectivity index (χ4n) is 1.49. The number of nitrogens with zero attached hydrogens (tertiary/aromatic N) is 1. The van der Waals surface area contributed by atoms with Crippen molar-refractivity contribution in [1.29, 1.82) is 0 Å². The maximum Gasteiger partial charge on any atom is 0.269 e. The maximum atomic E-state index is 10.5. The van der Waals surface area contributed by atoms with Gasteiger partial charge in [-0.05, 0) is 24.9 Å². The van der Waals surface area contributed by atoms with Crippen molar-refractivity contribution in [2.45, 2.75) is 25.8 Å². The Hall–Kier alpha value is -1.13. The van der Waals surface area contributed by atoms with Gasteiger partial charge in [0.25, 0.3) is 5.69 Å². The van der Waals surface area contributed by atoms with Gasteiger partial charge in [-0.25, -0.2) is 0 Å². The lowest BCUT2D eigenvalue weighted by atomic mass is 10.2. The zero-order chi connectivity index (χ0) is 12.5. The van der Waals surface area contributed by atoms with Gasteiger partial charge < -0.3 is 5.32 Å². The topological polar surface area (TPSA) is 55.2 Å². The Balaban J connectivity index is 2.21. The lowest BCUT2D eigenvalue weighted by Crippen LogP contribution is -2.14. The Kier molecular flexibility index (Phi) is 6.58. The zero-order valence-electron chi connectivity index (χ0n) is 9.69. The molecule has 1 aromatic rings. The summed E-state index contributed by atoms with van der Waals surface area (Å²) in [5.74, 6) is 0.725. The van der Waals surface area contributed by atoms with Gasteiger partial charge in [0.15, 0.2) is 0 Å². The highest BCUT2D eigenvalue weighted by Crippen LogP contribution is 2.11. The second-order valence-electron chi connectivity index (χ2n) is 3.85. The van der Waals surface area contributed by atoms with Crippen LogP contribution in [0.5, 0.6) is 0 Å². The van der Waals surface area contributed by atoms with Crippen LogP contribution in [-0.2, 0) is 6.54 Å². The molecule has 0 heterocycles. The third-order valence-electron chi connectivity index (χ3n) is 2.46. The molecule has 17 heavy (non-hydrogen) atoms. The Morgan fingerprint density at radius 1 is 1.18 bits per heavy atom. The molecule has 0 saturated carbocycles. The maximum absolute atomic E-state index is 10.5. The number of rotatable bonds is 8. The molecule has 0 atom stereocenters. The van der Waals surface area contributed by atoms with Gasteiger partial charge in [-0.15, -0.1) is 11.6 Å². The summed E-state index contributed by atoms with van der Waals surface area (Å²) in [5.41, 5.74) is 1.20. The number of alkyl halides is 1. The van der Waals surface area contributed by atoms with Crippen LogP contribution in [0.3, 0.4) is 0 Å². The number of hydrogen-bond donors (Lipinski definition) is 1. The highest BCUT2D eigenvalue weighted by atomic mass is 35.5. The van der Waals surface area contributed by atoms with E-state index in [4.69, 9.17) is 11.6 Å². The van der Waals surface area contributed by atoms with Crippen molar-refractivity contribution >= 4 is 17.3 Å². The fourth-order valence-corrected chi connectivity index (χ4v) is 1.68. The zero-order valence-corrected chi connectivity index (χ0v) is 10.4. The van der Waals surface area contributed by atoms with Gasteiger partial charge in [0.2, 0.25) is 0 Å². The minimum atomic E-state index is -0.386. The Morgan fingerprint density at radius 3 is 2.47 bits per heavy atom. The largest absolute Gasteiger partial charge is 0.313 e. The average molecular weight is 257 g/mol. The number of nitrogens with one attached hydrogen (secondary N) is 1. The van der Waals surface area contributed by atoms with Crippen LogP contribution in [0.2, 0.25) is 0 Å². The highest BCUT2D eigenvalue weighted by molar-refractivity contribution is 6.17. The minimum absolute atomic E-state index is 0.135. The van der Waals surface area contributed by atoms with Gasteiger partial charge in [0.05, 0.1) is 4.92 Å². The van der Waals surface area contributed by atoms with Crippen LogP contribution in [0, 0.1) is 10.1 Å². The van der Waals surface area contributed by atoms with Crippen molar-refractivity contribution in [3.8, 4) is 0 Å². The van der Waals surface area contributed by atoms with E-state index < -0.39 is 0 Å². The summed E-state index contributed by atoms with van der Waals surface area (Å²) in [6, 6.07) is 6.63. The molecule has 1 aromatic carbocycles. The number of benzene rings is 1. The van der Waals surface area contributed by atoms with Gasteiger partial charge in [0, 0.05) is 24.6 Å². The fraction of sp³-hybridized carbons (Fsp3) is 0.500. The lowest BCUT2D eigenvalue weighted by molar-refractivity contribution is -0.384. The van der Waals surface area contributed by atoms with Crippen LogP contribution in [0.25, 0.3) is 0 Å². The second-order valence-corrected chi connectivity index (χ2v) is 4.23. The lowest BCUT2D eigenvalue weighted by Gasteiger charge is -2.04. The molecule has 0 aliphatic heterocycles. The van der Waals surface area contributed by atoms with Gasteiger partial charge >= 0.3 is 0 Å². The first-order valence-corrected chi connectivity index (χ1v) is 6.27. The first-order valence-electron chi connectivity index (χ1n) is 5.74. The van der Waals surface area contributed by atoms with Crippen LogP contribution in [0.1, 0.15) is 24.8 Å². The third kappa shape index (κ3) is 5.65. The quantitative estimate of drug-likeness (QED) is 0.337. The van der Waals surface area contributed by atoms with Crippen molar-refractivity contribution in [2.24, 2.45) is 0 Å². The molecule has 0 bridgehead atoms. The molecule has 0 aliphatic carbocycles. The Labute approximate surface area is 106 Å². The van der Waals surface area contributed by atoms with Gasteiger partial charge in [0.1, 0.15) is 0 Å². The van der Waals surface area contributed by atoms with E-state index in [0.29, 0.717) is 0 Å². The van der Waals surface area contributed by atoms with Crippen molar-refractivity contribution in [2.75, 3.05) is 12.4 Å². The monoisotopic (exact) mass is 256 g/mol. The minimum Gasteiger partial charge on any atom is -0.313 e. The van der Waals surface area contributed by atoms with E-state index in [2.05, 4.69) is 5.32 Å². The molecule has 0 fully saturated rings. The molecule has 0 unspecified atom stereocenters. The first-order chi connectivity index (χ1) is 8.24. The molecule has 0 amide bonds. The van der Waals surface area contributed by atoms with E-state index in [-0.39, 0.29) is 10.6 Å². The van der Waals surface area contributed by atoms with Crippen molar-refractivity contribution < 1.29 is 4.92 Å². The van der Waals surface area contributed by atoms with Gasteiger partial charge in [-0.3, -0.25) is 10.1 Å².